The van der Waals surface area contributed by atoms with Crippen molar-refractivity contribution in [2.75, 3.05) is 12.3 Å². The van der Waals surface area contributed by atoms with E-state index in [1.807, 2.05) is 0 Å². The Bertz CT molecular complexity index is 575. The van der Waals surface area contributed by atoms with Crippen LogP contribution in [-0.4, -0.2) is 17.5 Å². The Kier molecular flexibility index (Phi) is 4.83. The molecule has 7 heteroatoms. The van der Waals surface area contributed by atoms with E-state index in [1.165, 1.54) is 0 Å². The molecule has 0 aliphatic rings. The maximum atomic E-state index is 13.3. The Labute approximate surface area is 108 Å². The quantitative estimate of drug-likeness (QED) is 0.295. The van der Waals surface area contributed by atoms with Crippen molar-refractivity contribution in [1.29, 1.82) is 0 Å². The summed E-state index contributed by atoms with van der Waals surface area (Å²) >= 11 is 0. The third-order valence-corrected chi connectivity index (χ3v) is 2.09. The molecule has 0 aliphatic carbocycles. The summed E-state index contributed by atoms with van der Waals surface area (Å²) in [5, 5.41) is 10.6. The molecule has 0 fully saturated rings. The normalized spacial score (nSPS) is 9.37. The van der Waals surface area contributed by atoms with E-state index in [2.05, 4.69) is 16.6 Å². The molecule has 0 amide bonds. The van der Waals surface area contributed by atoms with Gasteiger partial charge in [0.05, 0.1) is 28.8 Å². The third-order valence-electron chi connectivity index (χ3n) is 2.09. The molecular formula is C12H11FN2O4. The lowest BCUT2D eigenvalue weighted by Gasteiger charge is -2.00. The van der Waals surface area contributed by atoms with Gasteiger partial charge < -0.3 is 10.5 Å². The van der Waals surface area contributed by atoms with Crippen LogP contribution >= 0.6 is 0 Å². The molecule has 1 aromatic rings. The van der Waals surface area contributed by atoms with E-state index in [-0.39, 0.29) is 24.3 Å². The van der Waals surface area contributed by atoms with Crippen molar-refractivity contribution >= 4 is 17.3 Å². The molecule has 2 N–H and O–H groups in total. The maximum Gasteiger partial charge on any atom is 0.317 e. The highest BCUT2D eigenvalue weighted by Gasteiger charge is 2.13. The molecule has 0 radical (unpaired) electrons. The van der Waals surface area contributed by atoms with Crippen molar-refractivity contribution in [1.82, 2.24) is 0 Å². The fraction of sp³-hybridized carbons (Fsp3) is 0.250. The van der Waals surface area contributed by atoms with Crippen LogP contribution in [0.2, 0.25) is 0 Å². The zero-order chi connectivity index (χ0) is 14.4. The van der Waals surface area contributed by atoms with Crippen LogP contribution in [0.4, 0.5) is 15.8 Å². The topological polar surface area (TPSA) is 95.5 Å². The van der Waals surface area contributed by atoms with Crippen molar-refractivity contribution in [3.05, 3.63) is 33.6 Å². The van der Waals surface area contributed by atoms with E-state index < -0.39 is 22.4 Å². The van der Waals surface area contributed by atoms with Gasteiger partial charge in [0, 0.05) is 6.07 Å². The lowest BCUT2D eigenvalue weighted by atomic mass is 10.1. The molecule has 1 rings (SSSR count). The highest BCUT2D eigenvalue weighted by Crippen LogP contribution is 2.22. The summed E-state index contributed by atoms with van der Waals surface area (Å²) in [5.41, 5.74) is 4.64. The van der Waals surface area contributed by atoms with E-state index in [4.69, 9.17) is 5.73 Å². The van der Waals surface area contributed by atoms with E-state index in [1.54, 1.807) is 6.92 Å². The summed E-state index contributed by atoms with van der Waals surface area (Å²) in [5.74, 6) is 3.39. The Morgan fingerprint density at radius 1 is 1.58 bits per heavy atom. The van der Waals surface area contributed by atoms with Gasteiger partial charge in [0.2, 0.25) is 0 Å². The van der Waals surface area contributed by atoms with Crippen molar-refractivity contribution in [2.45, 2.75) is 13.3 Å². The van der Waals surface area contributed by atoms with Crippen LogP contribution in [0.25, 0.3) is 0 Å². The van der Waals surface area contributed by atoms with Gasteiger partial charge >= 0.3 is 5.97 Å². The summed E-state index contributed by atoms with van der Waals surface area (Å²) in [4.78, 5) is 20.8. The van der Waals surface area contributed by atoms with Crippen LogP contribution in [0.5, 0.6) is 0 Å². The molecule has 19 heavy (non-hydrogen) atoms. The highest BCUT2D eigenvalue weighted by atomic mass is 19.1. The molecule has 0 saturated heterocycles. The molecule has 0 heterocycles. The lowest BCUT2D eigenvalue weighted by molar-refractivity contribution is -0.385. The number of nitrogen functional groups attached to an aromatic ring is 1. The number of esters is 1. The Balaban J connectivity index is 2.98. The zero-order valence-corrected chi connectivity index (χ0v) is 10.1. The van der Waals surface area contributed by atoms with Gasteiger partial charge in [0.1, 0.15) is 6.42 Å². The molecule has 0 spiro atoms. The number of carbonyl (C=O) groups excluding carboxylic acids is 1. The molecule has 1 aromatic carbocycles. The average molecular weight is 266 g/mol. The number of hydrogen-bond acceptors (Lipinski definition) is 5. The second-order valence-electron chi connectivity index (χ2n) is 3.43. The van der Waals surface area contributed by atoms with Gasteiger partial charge in [-0.25, -0.2) is 4.39 Å². The minimum atomic E-state index is -0.922. The number of anilines is 1. The summed E-state index contributed by atoms with van der Waals surface area (Å²) in [7, 11) is 0. The van der Waals surface area contributed by atoms with Gasteiger partial charge in [-0.1, -0.05) is 11.8 Å². The van der Waals surface area contributed by atoms with Crippen LogP contribution in [0.15, 0.2) is 12.1 Å². The van der Waals surface area contributed by atoms with Crippen LogP contribution in [0.1, 0.15) is 18.9 Å². The Hall–Kier alpha value is -2.62. The molecule has 0 atom stereocenters. The fourth-order valence-corrected chi connectivity index (χ4v) is 1.24. The minimum Gasteiger partial charge on any atom is -0.465 e. The van der Waals surface area contributed by atoms with Crippen LogP contribution in [0, 0.1) is 27.8 Å². The second kappa shape index (κ2) is 6.35. The highest BCUT2D eigenvalue weighted by molar-refractivity contribution is 5.73. The predicted octanol–water partition coefficient (Wildman–Crippen LogP) is 1.62. The van der Waals surface area contributed by atoms with Crippen LogP contribution in [0.3, 0.4) is 0 Å². The summed E-state index contributed by atoms with van der Waals surface area (Å²) in [6, 6.07) is 1.77. The van der Waals surface area contributed by atoms with Gasteiger partial charge in [0.25, 0.3) is 5.69 Å². The number of nitrogens with two attached hydrogens (primary N) is 1. The largest absolute Gasteiger partial charge is 0.465 e. The molecule has 0 bridgehead atoms. The molecule has 100 valence electrons. The zero-order valence-electron chi connectivity index (χ0n) is 10.1. The van der Waals surface area contributed by atoms with Crippen molar-refractivity contribution in [2.24, 2.45) is 0 Å². The number of nitrogens with zero attached hydrogens (tertiary/aromatic N) is 1. The van der Waals surface area contributed by atoms with Crippen molar-refractivity contribution in [3.63, 3.8) is 0 Å². The minimum absolute atomic E-state index is 0.0315. The maximum absolute atomic E-state index is 13.3. The monoisotopic (exact) mass is 266 g/mol. The molecular weight excluding hydrogens is 255 g/mol. The Morgan fingerprint density at radius 2 is 2.26 bits per heavy atom. The Morgan fingerprint density at radius 3 is 2.84 bits per heavy atom. The number of nitro benzene ring substituents is 1. The number of non-ortho nitro benzene ring substituents is 1. The van der Waals surface area contributed by atoms with Crippen LogP contribution < -0.4 is 5.73 Å². The number of hydrogen-bond donors (Lipinski definition) is 1. The van der Waals surface area contributed by atoms with Crippen molar-refractivity contribution in [3.8, 4) is 11.8 Å². The van der Waals surface area contributed by atoms with Gasteiger partial charge in [0.15, 0.2) is 5.82 Å². The van der Waals surface area contributed by atoms with Gasteiger partial charge in [-0.2, -0.15) is 0 Å². The second-order valence-corrected chi connectivity index (χ2v) is 3.43. The lowest BCUT2D eigenvalue weighted by Crippen LogP contribution is -2.02. The number of nitro groups is 1. The predicted molar refractivity (Wildman–Crippen MR) is 65.6 cm³/mol. The molecule has 0 aliphatic heterocycles. The summed E-state index contributed by atoms with van der Waals surface area (Å²) < 4.78 is 18.0. The number of halogens is 1. The average Bonchev–Trinajstić information content (AvgIpc) is 2.34. The molecule has 0 aromatic heterocycles. The standard InChI is InChI=1S/C12H11FN2O4/c1-2-19-11(16)5-3-4-8-6-9(15(17)18)7-10(13)12(8)14/h6-7H,2,5,14H2,1H3. The SMILES string of the molecule is CCOC(=O)CC#Cc1cc([N+](=O)[O-])cc(F)c1N. The van der Waals surface area contributed by atoms with E-state index in [9.17, 15) is 19.3 Å². The van der Waals surface area contributed by atoms with E-state index in [0.29, 0.717) is 6.07 Å². The molecule has 0 unspecified atom stereocenters. The van der Waals surface area contributed by atoms with Gasteiger partial charge in [-0.05, 0) is 6.92 Å². The number of carbonyl (C=O) groups is 1. The van der Waals surface area contributed by atoms with E-state index in [0.717, 1.165) is 6.07 Å². The van der Waals surface area contributed by atoms with Gasteiger partial charge in [-0.15, -0.1) is 0 Å². The first kappa shape index (κ1) is 14.4. The third kappa shape index (κ3) is 3.96. The number of ether oxygens (including phenoxy) is 1. The first-order valence-electron chi connectivity index (χ1n) is 5.33. The summed E-state index contributed by atoms with van der Waals surface area (Å²) in [6.45, 7) is 1.88. The molecule has 6 nitrogen and oxygen atoms in total. The fourth-order valence-electron chi connectivity index (χ4n) is 1.24. The smallest absolute Gasteiger partial charge is 0.317 e. The first-order chi connectivity index (χ1) is 8.95. The number of benzene rings is 1. The molecule has 0 saturated carbocycles. The van der Waals surface area contributed by atoms with Gasteiger partial charge in [-0.3, -0.25) is 14.9 Å². The summed E-state index contributed by atoms with van der Waals surface area (Å²) in [6.07, 6.45) is -0.197. The van der Waals surface area contributed by atoms with Crippen molar-refractivity contribution < 1.29 is 18.8 Å². The van der Waals surface area contributed by atoms with E-state index >= 15 is 0 Å². The first-order valence-corrected chi connectivity index (χ1v) is 5.33. The number of rotatable bonds is 3. The van der Waals surface area contributed by atoms with Crippen LogP contribution in [-0.2, 0) is 9.53 Å².